The lowest BCUT2D eigenvalue weighted by Gasteiger charge is -2.26. The number of halogens is 1. The van der Waals surface area contributed by atoms with E-state index in [0.717, 1.165) is 23.9 Å². The van der Waals surface area contributed by atoms with Crippen LogP contribution in [-0.2, 0) is 0 Å². The molecule has 130 valence electrons. The van der Waals surface area contributed by atoms with Crippen LogP contribution < -0.4 is 5.32 Å². The van der Waals surface area contributed by atoms with E-state index in [4.69, 9.17) is 23.8 Å². The van der Waals surface area contributed by atoms with Crippen LogP contribution in [0.15, 0.2) is 24.3 Å². The summed E-state index contributed by atoms with van der Waals surface area (Å²) in [6.45, 7) is 6.54. The van der Waals surface area contributed by atoms with Gasteiger partial charge >= 0.3 is 0 Å². The van der Waals surface area contributed by atoms with Gasteiger partial charge in [0.25, 0.3) is 0 Å². The minimum absolute atomic E-state index is 0.715. The minimum Gasteiger partial charge on any atom is -0.349 e. The zero-order valence-electron chi connectivity index (χ0n) is 14.6. The predicted molar refractivity (Wildman–Crippen MR) is 108 cm³/mol. The molecule has 0 aliphatic heterocycles. The second-order valence-electron chi connectivity index (χ2n) is 6.02. The molecular weight excluding hydrogens is 324 g/mol. The van der Waals surface area contributed by atoms with E-state index in [9.17, 15) is 0 Å². The molecule has 2 nitrogen and oxygen atoms in total. The number of hydrogen-bond donors (Lipinski definition) is 1. The van der Waals surface area contributed by atoms with Crippen molar-refractivity contribution in [2.75, 3.05) is 18.4 Å². The van der Waals surface area contributed by atoms with Gasteiger partial charge in [0.1, 0.15) is 0 Å². The van der Waals surface area contributed by atoms with Gasteiger partial charge in [-0.25, -0.2) is 0 Å². The highest BCUT2D eigenvalue weighted by Crippen LogP contribution is 2.21. The number of nitrogens with one attached hydrogen (secondary N) is 1. The van der Waals surface area contributed by atoms with Crippen LogP contribution in [-0.4, -0.2) is 23.1 Å². The van der Waals surface area contributed by atoms with Crippen LogP contribution in [0.5, 0.6) is 0 Å². The number of thiocarbonyl (C=S) groups is 1. The number of para-hydroxylation sites is 1. The van der Waals surface area contributed by atoms with Crippen molar-refractivity contribution < 1.29 is 0 Å². The Morgan fingerprint density at radius 2 is 1.52 bits per heavy atom. The summed E-state index contributed by atoms with van der Waals surface area (Å²) in [6.07, 6.45) is 10.1. The van der Waals surface area contributed by atoms with Crippen molar-refractivity contribution in [1.29, 1.82) is 0 Å². The Balaban J connectivity index is 2.53. The van der Waals surface area contributed by atoms with E-state index in [1.807, 2.05) is 24.3 Å². The lowest BCUT2D eigenvalue weighted by molar-refractivity contribution is 0.391. The van der Waals surface area contributed by atoms with E-state index < -0.39 is 0 Å². The van der Waals surface area contributed by atoms with Crippen LogP contribution in [0.4, 0.5) is 5.69 Å². The van der Waals surface area contributed by atoms with Crippen molar-refractivity contribution in [3.8, 4) is 0 Å². The lowest BCUT2D eigenvalue weighted by atomic mass is 10.2. The first-order chi connectivity index (χ1) is 11.2. The Hall–Kier alpha value is -0.800. The first kappa shape index (κ1) is 20.2. The van der Waals surface area contributed by atoms with Crippen molar-refractivity contribution in [3.63, 3.8) is 0 Å². The summed E-state index contributed by atoms with van der Waals surface area (Å²) in [5.74, 6) is 0. The highest BCUT2D eigenvalue weighted by atomic mass is 35.5. The zero-order valence-corrected chi connectivity index (χ0v) is 16.2. The molecular formula is C19H31ClN2S. The maximum absolute atomic E-state index is 6.22. The molecule has 1 rings (SSSR count). The molecule has 0 bridgehead atoms. The molecule has 0 aliphatic rings. The van der Waals surface area contributed by atoms with Crippen LogP contribution in [0.2, 0.25) is 5.02 Å². The third-order valence-electron chi connectivity index (χ3n) is 3.97. The van der Waals surface area contributed by atoms with Gasteiger partial charge in [-0.2, -0.15) is 0 Å². The molecule has 1 N–H and O–H groups in total. The molecule has 0 aliphatic carbocycles. The molecule has 1 aromatic carbocycles. The Morgan fingerprint density at radius 1 is 0.957 bits per heavy atom. The van der Waals surface area contributed by atoms with Gasteiger partial charge in [-0.1, -0.05) is 76.1 Å². The summed E-state index contributed by atoms with van der Waals surface area (Å²) in [7, 11) is 0. The number of nitrogens with zero attached hydrogens (tertiary/aromatic N) is 1. The number of unbranched alkanes of at least 4 members (excludes halogenated alkanes) is 6. The molecule has 1 aromatic rings. The van der Waals surface area contributed by atoms with Crippen LogP contribution >= 0.6 is 23.8 Å². The Bertz CT molecular complexity index is 439. The quantitative estimate of drug-likeness (QED) is 0.360. The molecule has 0 radical (unpaired) electrons. The Labute approximate surface area is 152 Å². The molecule has 0 aromatic heterocycles. The highest BCUT2D eigenvalue weighted by Gasteiger charge is 2.10. The van der Waals surface area contributed by atoms with Crippen molar-refractivity contribution in [2.45, 2.75) is 65.2 Å². The molecule has 0 unspecified atom stereocenters. The Kier molecular flexibility index (Phi) is 11.1. The fourth-order valence-electron chi connectivity index (χ4n) is 2.53. The third kappa shape index (κ3) is 8.57. The SMILES string of the molecule is CCCCCCN(CCCCCC)C(=S)Nc1ccccc1Cl. The molecule has 0 amide bonds. The summed E-state index contributed by atoms with van der Waals surface area (Å²) in [5, 5.41) is 4.83. The van der Waals surface area contributed by atoms with Gasteiger partial charge in [-0.3, -0.25) is 0 Å². The lowest BCUT2D eigenvalue weighted by Crippen LogP contribution is -2.36. The predicted octanol–water partition coefficient (Wildman–Crippen LogP) is 6.50. The van der Waals surface area contributed by atoms with Crippen molar-refractivity contribution in [1.82, 2.24) is 4.90 Å². The second-order valence-corrected chi connectivity index (χ2v) is 6.81. The topological polar surface area (TPSA) is 15.3 Å². The maximum Gasteiger partial charge on any atom is 0.173 e. The van der Waals surface area contributed by atoms with Gasteiger partial charge in [-0.05, 0) is 37.2 Å². The summed E-state index contributed by atoms with van der Waals surface area (Å²) in [6, 6.07) is 7.77. The minimum atomic E-state index is 0.715. The van der Waals surface area contributed by atoms with Crippen LogP contribution in [0, 0.1) is 0 Å². The van der Waals surface area contributed by atoms with Crippen molar-refractivity contribution >= 4 is 34.6 Å². The average Bonchev–Trinajstić information content (AvgIpc) is 2.55. The van der Waals surface area contributed by atoms with Gasteiger partial charge in [0, 0.05) is 13.1 Å². The summed E-state index contributed by atoms with van der Waals surface area (Å²) >= 11 is 11.9. The van der Waals surface area contributed by atoms with E-state index in [2.05, 4.69) is 24.1 Å². The fourth-order valence-corrected chi connectivity index (χ4v) is 3.01. The molecule has 4 heteroatoms. The van der Waals surface area contributed by atoms with Crippen LogP contribution in [0.25, 0.3) is 0 Å². The number of rotatable bonds is 11. The number of hydrogen-bond acceptors (Lipinski definition) is 1. The summed E-state index contributed by atoms with van der Waals surface area (Å²) in [4.78, 5) is 2.31. The molecule has 23 heavy (non-hydrogen) atoms. The van der Waals surface area contributed by atoms with E-state index in [-0.39, 0.29) is 0 Å². The molecule has 0 atom stereocenters. The highest BCUT2D eigenvalue weighted by molar-refractivity contribution is 7.80. The largest absolute Gasteiger partial charge is 0.349 e. The molecule has 0 saturated carbocycles. The summed E-state index contributed by atoms with van der Waals surface area (Å²) < 4.78 is 0. The van der Waals surface area contributed by atoms with Crippen LogP contribution in [0.3, 0.4) is 0 Å². The molecule has 0 fully saturated rings. The average molecular weight is 355 g/mol. The normalized spacial score (nSPS) is 10.6. The third-order valence-corrected chi connectivity index (χ3v) is 4.66. The van der Waals surface area contributed by atoms with Crippen LogP contribution in [0.1, 0.15) is 65.2 Å². The van der Waals surface area contributed by atoms with E-state index >= 15 is 0 Å². The van der Waals surface area contributed by atoms with Gasteiger partial charge in [-0.15, -0.1) is 0 Å². The second kappa shape index (κ2) is 12.6. The zero-order chi connectivity index (χ0) is 16.9. The van der Waals surface area contributed by atoms with E-state index in [1.54, 1.807) is 0 Å². The van der Waals surface area contributed by atoms with Gasteiger partial charge in [0.05, 0.1) is 10.7 Å². The first-order valence-corrected chi connectivity index (χ1v) is 9.78. The van der Waals surface area contributed by atoms with Crippen molar-refractivity contribution in [2.24, 2.45) is 0 Å². The van der Waals surface area contributed by atoms with Gasteiger partial charge < -0.3 is 10.2 Å². The van der Waals surface area contributed by atoms with Crippen molar-refractivity contribution in [3.05, 3.63) is 29.3 Å². The molecule has 0 heterocycles. The number of benzene rings is 1. The first-order valence-electron chi connectivity index (χ1n) is 8.99. The molecule has 0 saturated heterocycles. The summed E-state index contributed by atoms with van der Waals surface area (Å²) in [5.41, 5.74) is 0.895. The standard InChI is InChI=1S/C19H31ClN2S/c1-3-5-7-11-15-22(16-12-8-6-4-2)19(23)21-18-14-10-9-13-17(18)20/h9-10,13-14H,3-8,11-12,15-16H2,1-2H3,(H,21,23). The van der Waals surface area contributed by atoms with E-state index in [1.165, 1.54) is 51.4 Å². The smallest absolute Gasteiger partial charge is 0.173 e. The maximum atomic E-state index is 6.22. The van der Waals surface area contributed by atoms with E-state index in [0.29, 0.717) is 5.02 Å². The Morgan fingerprint density at radius 3 is 2.04 bits per heavy atom. The van der Waals surface area contributed by atoms with Gasteiger partial charge in [0.15, 0.2) is 5.11 Å². The fraction of sp³-hybridized carbons (Fsp3) is 0.632. The number of anilines is 1. The molecule has 0 spiro atoms. The van der Waals surface area contributed by atoms with Gasteiger partial charge in [0.2, 0.25) is 0 Å². The monoisotopic (exact) mass is 354 g/mol.